The second-order valence-corrected chi connectivity index (χ2v) is 5.40. The highest BCUT2D eigenvalue weighted by Gasteiger charge is 2.08. The molecule has 0 fully saturated rings. The van der Waals surface area contributed by atoms with Gasteiger partial charge in [0.15, 0.2) is 0 Å². The Balaban J connectivity index is 1.82. The number of rotatable bonds is 8. The quantitative estimate of drug-likeness (QED) is 0.791. The fourth-order valence-electron chi connectivity index (χ4n) is 2.49. The number of benzene rings is 2. The maximum absolute atomic E-state index is 5.86. The summed E-state index contributed by atoms with van der Waals surface area (Å²) < 4.78 is 5.86. The molecule has 1 unspecified atom stereocenters. The summed E-state index contributed by atoms with van der Waals surface area (Å²) in [6.45, 7) is 5.97. The predicted molar refractivity (Wildman–Crippen MR) is 88.9 cm³/mol. The summed E-state index contributed by atoms with van der Waals surface area (Å²) in [6, 6.07) is 19.3. The first-order chi connectivity index (χ1) is 10.3. The summed E-state index contributed by atoms with van der Waals surface area (Å²) in [7, 11) is 0. The van der Waals surface area contributed by atoms with Crippen LogP contribution < -0.4 is 10.1 Å². The fraction of sp³-hybridized carbons (Fsp3) is 0.368. The van der Waals surface area contributed by atoms with E-state index in [1.54, 1.807) is 0 Å². The van der Waals surface area contributed by atoms with Crippen LogP contribution in [0.2, 0.25) is 0 Å². The highest BCUT2D eigenvalue weighted by molar-refractivity contribution is 5.27. The Morgan fingerprint density at radius 3 is 2.57 bits per heavy atom. The van der Waals surface area contributed by atoms with Crippen LogP contribution in [0.1, 0.15) is 24.5 Å². The lowest BCUT2D eigenvalue weighted by molar-refractivity contribution is 0.285. The van der Waals surface area contributed by atoms with Gasteiger partial charge in [-0.3, -0.25) is 0 Å². The van der Waals surface area contributed by atoms with Gasteiger partial charge in [-0.25, -0.2) is 0 Å². The van der Waals surface area contributed by atoms with E-state index in [-0.39, 0.29) is 0 Å². The monoisotopic (exact) mass is 283 g/mol. The molecule has 0 saturated carbocycles. The first-order valence-electron chi connectivity index (χ1n) is 7.74. The van der Waals surface area contributed by atoms with E-state index < -0.39 is 0 Å². The largest absolute Gasteiger partial charge is 0.494 e. The molecule has 2 heteroatoms. The molecule has 0 spiro atoms. The smallest absolute Gasteiger partial charge is 0.119 e. The molecule has 2 aromatic rings. The Morgan fingerprint density at radius 2 is 1.86 bits per heavy atom. The van der Waals surface area contributed by atoms with Gasteiger partial charge in [0.25, 0.3) is 0 Å². The Bertz CT molecular complexity index is 524. The average molecular weight is 283 g/mol. The molecule has 1 atom stereocenters. The van der Waals surface area contributed by atoms with Crippen LogP contribution in [0.4, 0.5) is 0 Å². The first-order valence-corrected chi connectivity index (χ1v) is 7.74. The van der Waals surface area contributed by atoms with Gasteiger partial charge in [0.05, 0.1) is 6.61 Å². The van der Waals surface area contributed by atoms with Crippen molar-refractivity contribution in [2.75, 3.05) is 13.2 Å². The Morgan fingerprint density at radius 1 is 1.05 bits per heavy atom. The SMILES string of the molecule is CCNC(CCOc1cccc(C)c1)Cc1ccccc1. The molecular weight excluding hydrogens is 258 g/mol. The van der Waals surface area contributed by atoms with E-state index in [4.69, 9.17) is 4.74 Å². The van der Waals surface area contributed by atoms with Gasteiger partial charge < -0.3 is 10.1 Å². The lowest BCUT2D eigenvalue weighted by atomic mass is 10.0. The third-order valence-electron chi connectivity index (χ3n) is 3.54. The first kappa shape index (κ1) is 15.6. The van der Waals surface area contributed by atoms with Crippen molar-refractivity contribution >= 4 is 0 Å². The molecule has 0 aliphatic heterocycles. The van der Waals surface area contributed by atoms with Gasteiger partial charge in [-0.2, -0.15) is 0 Å². The van der Waals surface area contributed by atoms with Crippen LogP contribution in [0.25, 0.3) is 0 Å². The second kappa shape index (κ2) is 8.48. The van der Waals surface area contributed by atoms with Gasteiger partial charge in [-0.15, -0.1) is 0 Å². The molecule has 2 rings (SSSR count). The summed E-state index contributed by atoms with van der Waals surface area (Å²) in [5, 5.41) is 3.55. The van der Waals surface area contributed by atoms with E-state index in [9.17, 15) is 0 Å². The van der Waals surface area contributed by atoms with Gasteiger partial charge in [0.1, 0.15) is 5.75 Å². The highest BCUT2D eigenvalue weighted by atomic mass is 16.5. The molecule has 0 bridgehead atoms. The molecule has 0 radical (unpaired) electrons. The van der Waals surface area contributed by atoms with Gasteiger partial charge in [0, 0.05) is 6.04 Å². The maximum atomic E-state index is 5.86. The number of likely N-dealkylation sites (N-methyl/N-ethyl adjacent to an activating group) is 1. The van der Waals surface area contributed by atoms with Crippen molar-refractivity contribution in [1.29, 1.82) is 0 Å². The highest BCUT2D eigenvalue weighted by Crippen LogP contribution is 2.13. The van der Waals surface area contributed by atoms with Crippen molar-refractivity contribution in [3.05, 3.63) is 65.7 Å². The van der Waals surface area contributed by atoms with E-state index in [1.807, 2.05) is 12.1 Å². The number of hydrogen-bond acceptors (Lipinski definition) is 2. The summed E-state index contributed by atoms with van der Waals surface area (Å²) in [6.07, 6.45) is 2.06. The summed E-state index contributed by atoms with van der Waals surface area (Å²) >= 11 is 0. The minimum atomic E-state index is 0.460. The van der Waals surface area contributed by atoms with Crippen LogP contribution in [-0.2, 0) is 6.42 Å². The van der Waals surface area contributed by atoms with Gasteiger partial charge in [0.2, 0.25) is 0 Å². The zero-order valence-electron chi connectivity index (χ0n) is 13.0. The van der Waals surface area contributed by atoms with Crippen molar-refractivity contribution in [3.8, 4) is 5.75 Å². The minimum absolute atomic E-state index is 0.460. The Kier molecular flexibility index (Phi) is 6.29. The molecule has 112 valence electrons. The maximum Gasteiger partial charge on any atom is 0.119 e. The molecule has 2 nitrogen and oxygen atoms in total. The average Bonchev–Trinajstić information content (AvgIpc) is 2.48. The topological polar surface area (TPSA) is 21.3 Å². The molecule has 0 heterocycles. The third-order valence-corrected chi connectivity index (χ3v) is 3.54. The molecule has 2 aromatic carbocycles. The van der Waals surface area contributed by atoms with Gasteiger partial charge in [-0.1, -0.05) is 49.4 Å². The Hall–Kier alpha value is -1.80. The predicted octanol–water partition coefficient (Wildman–Crippen LogP) is 3.98. The molecule has 21 heavy (non-hydrogen) atoms. The number of aryl methyl sites for hydroxylation is 1. The fourth-order valence-corrected chi connectivity index (χ4v) is 2.49. The van der Waals surface area contributed by atoms with E-state index >= 15 is 0 Å². The van der Waals surface area contributed by atoms with Crippen molar-refractivity contribution in [2.45, 2.75) is 32.7 Å². The van der Waals surface area contributed by atoms with E-state index in [0.29, 0.717) is 6.04 Å². The van der Waals surface area contributed by atoms with E-state index in [0.717, 1.165) is 31.7 Å². The van der Waals surface area contributed by atoms with Gasteiger partial charge in [-0.05, 0) is 49.6 Å². The van der Waals surface area contributed by atoms with Crippen LogP contribution in [0.3, 0.4) is 0 Å². The summed E-state index contributed by atoms with van der Waals surface area (Å²) in [5.74, 6) is 0.963. The minimum Gasteiger partial charge on any atom is -0.494 e. The van der Waals surface area contributed by atoms with E-state index in [2.05, 4.69) is 61.6 Å². The van der Waals surface area contributed by atoms with Crippen molar-refractivity contribution in [2.24, 2.45) is 0 Å². The molecule has 1 N–H and O–H groups in total. The van der Waals surface area contributed by atoms with Crippen LogP contribution in [-0.4, -0.2) is 19.2 Å². The lowest BCUT2D eigenvalue weighted by Gasteiger charge is -2.18. The number of ether oxygens (including phenoxy) is 1. The van der Waals surface area contributed by atoms with E-state index in [1.165, 1.54) is 11.1 Å². The molecular formula is C19H25NO. The van der Waals surface area contributed by atoms with Crippen LogP contribution in [0, 0.1) is 6.92 Å². The second-order valence-electron chi connectivity index (χ2n) is 5.40. The van der Waals surface area contributed by atoms with Crippen molar-refractivity contribution < 1.29 is 4.74 Å². The summed E-state index contributed by atoms with van der Waals surface area (Å²) in [4.78, 5) is 0. The van der Waals surface area contributed by atoms with Crippen LogP contribution in [0.15, 0.2) is 54.6 Å². The van der Waals surface area contributed by atoms with Crippen LogP contribution >= 0.6 is 0 Å². The van der Waals surface area contributed by atoms with Crippen LogP contribution in [0.5, 0.6) is 5.75 Å². The normalized spacial score (nSPS) is 12.1. The lowest BCUT2D eigenvalue weighted by Crippen LogP contribution is -2.32. The van der Waals surface area contributed by atoms with Gasteiger partial charge >= 0.3 is 0 Å². The number of nitrogens with one attached hydrogen (secondary N) is 1. The molecule has 0 aliphatic rings. The van der Waals surface area contributed by atoms with Crippen molar-refractivity contribution in [1.82, 2.24) is 5.32 Å². The number of hydrogen-bond donors (Lipinski definition) is 1. The zero-order valence-corrected chi connectivity index (χ0v) is 13.0. The third kappa shape index (κ3) is 5.60. The Labute approximate surface area is 128 Å². The molecule has 0 aromatic heterocycles. The zero-order chi connectivity index (χ0) is 14.9. The molecule has 0 amide bonds. The van der Waals surface area contributed by atoms with Crippen molar-refractivity contribution in [3.63, 3.8) is 0 Å². The summed E-state index contributed by atoms with van der Waals surface area (Å²) in [5.41, 5.74) is 2.61. The molecule has 0 aliphatic carbocycles. The molecule has 0 saturated heterocycles. The standard InChI is InChI=1S/C19H25NO/c1-3-20-18(15-17-9-5-4-6-10-17)12-13-21-19-11-7-8-16(2)14-19/h4-11,14,18,20H,3,12-13,15H2,1-2H3.